The number of benzene rings is 2. The number of aryl methyl sites for hydroxylation is 1. The molecule has 0 radical (unpaired) electrons. The number of urea groups is 1. The lowest BCUT2D eigenvalue weighted by atomic mass is 10.1. The Kier molecular flexibility index (Phi) is 5.07. The zero-order valence-electron chi connectivity index (χ0n) is 15.4. The first kappa shape index (κ1) is 19.1. The van der Waals surface area contributed by atoms with Gasteiger partial charge in [0.15, 0.2) is 0 Å². The standard InChI is InChI=1S/C22H16BrFN2O3/c1-13-2-8-17(18(23)10-13)20-9-7-16(29-20)11-19-21(27)26(22(28)25-19)12-14-3-5-15(24)6-4-14/h2-11H,12H2,1H3,(H,25,28)/b19-11-. The van der Waals surface area contributed by atoms with Crippen LogP contribution in [0.25, 0.3) is 17.4 Å². The van der Waals surface area contributed by atoms with Crippen LogP contribution in [0.5, 0.6) is 0 Å². The van der Waals surface area contributed by atoms with Crippen LogP contribution in [0, 0.1) is 12.7 Å². The molecule has 0 spiro atoms. The summed E-state index contributed by atoms with van der Waals surface area (Å²) in [6, 6.07) is 14.6. The first-order valence-corrected chi connectivity index (χ1v) is 9.65. The van der Waals surface area contributed by atoms with Gasteiger partial charge in [0.05, 0.1) is 6.54 Å². The summed E-state index contributed by atoms with van der Waals surface area (Å²) in [7, 11) is 0. The molecule has 2 heterocycles. The molecule has 7 heteroatoms. The number of furan rings is 1. The Balaban J connectivity index is 1.54. The van der Waals surface area contributed by atoms with Gasteiger partial charge >= 0.3 is 6.03 Å². The second-order valence-corrected chi connectivity index (χ2v) is 7.55. The number of amides is 3. The summed E-state index contributed by atoms with van der Waals surface area (Å²) in [5.74, 6) is 0.248. The van der Waals surface area contributed by atoms with Crippen molar-refractivity contribution in [3.05, 3.63) is 87.5 Å². The Labute approximate surface area is 174 Å². The molecule has 3 amide bonds. The van der Waals surface area contributed by atoms with Gasteiger partial charge in [0, 0.05) is 16.1 Å². The molecule has 2 aromatic carbocycles. The summed E-state index contributed by atoms with van der Waals surface area (Å²) in [5, 5.41) is 2.56. The van der Waals surface area contributed by atoms with Gasteiger partial charge < -0.3 is 9.73 Å². The van der Waals surface area contributed by atoms with Gasteiger partial charge in [-0.2, -0.15) is 0 Å². The average molecular weight is 455 g/mol. The fourth-order valence-electron chi connectivity index (χ4n) is 3.02. The Hall–Kier alpha value is -3.19. The molecule has 0 bridgehead atoms. The quantitative estimate of drug-likeness (QED) is 0.432. The summed E-state index contributed by atoms with van der Waals surface area (Å²) in [5.41, 5.74) is 2.79. The number of nitrogens with zero attached hydrogens (tertiary/aromatic N) is 1. The number of hydrogen-bond donors (Lipinski definition) is 1. The Bertz CT molecular complexity index is 1140. The lowest BCUT2D eigenvalue weighted by molar-refractivity contribution is -0.123. The Morgan fingerprint density at radius 1 is 1.10 bits per heavy atom. The molecule has 1 fully saturated rings. The van der Waals surface area contributed by atoms with Crippen LogP contribution in [0.3, 0.4) is 0 Å². The van der Waals surface area contributed by atoms with E-state index in [0.717, 1.165) is 20.5 Å². The highest BCUT2D eigenvalue weighted by Crippen LogP contribution is 2.31. The second kappa shape index (κ2) is 7.67. The van der Waals surface area contributed by atoms with E-state index in [1.807, 2.05) is 25.1 Å². The fraction of sp³-hybridized carbons (Fsp3) is 0.0909. The lowest BCUT2D eigenvalue weighted by Crippen LogP contribution is -2.30. The predicted octanol–water partition coefficient (Wildman–Crippen LogP) is 5.25. The van der Waals surface area contributed by atoms with E-state index < -0.39 is 11.9 Å². The van der Waals surface area contributed by atoms with Crippen molar-refractivity contribution in [3.8, 4) is 11.3 Å². The number of carbonyl (C=O) groups is 2. The molecule has 1 aromatic heterocycles. The number of halogens is 2. The molecule has 0 unspecified atom stereocenters. The van der Waals surface area contributed by atoms with Gasteiger partial charge in [-0.15, -0.1) is 0 Å². The van der Waals surface area contributed by atoms with Crippen molar-refractivity contribution in [2.24, 2.45) is 0 Å². The van der Waals surface area contributed by atoms with Crippen LogP contribution in [-0.4, -0.2) is 16.8 Å². The maximum Gasteiger partial charge on any atom is 0.329 e. The third-order valence-corrected chi connectivity index (χ3v) is 5.18. The van der Waals surface area contributed by atoms with Crippen LogP contribution in [0.15, 0.2) is 69.2 Å². The molecule has 5 nitrogen and oxygen atoms in total. The first-order valence-electron chi connectivity index (χ1n) is 8.86. The van der Waals surface area contributed by atoms with Crippen LogP contribution >= 0.6 is 15.9 Å². The Morgan fingerprint density at radius 3 is 2.59 bits per heavy atom. The van der Waals surface area contributed by atoms with E-state index in [2.05, 4.69) is 21.2 Å². The smallest absolute Gasteiger partial charge is 0.329 e. The maximum absolute atomic E-state index is 13.0. The van der Waals surface area contributed by atoms with Gasteiger partial charge in [0.1, 0.15) is 23.0 Å². The molecule has 3 aromatic rings. The second-order valence-electron chi connectivity index (χ2n) is 6.69. The lowest BCUT2D eigenvalue weighted by Gasteiger charge is -2.11. The van der Waals surface area contributed by atoms with E-state index in [-0.39, 0.29) is 18.1 Å². The van der Waals surface area contributed by atoms with E-state index in [4.69, 9.17) is 4.42 Å². The molecule has 4 rings (SSSR count). The molecule has 0 atom stereocenters. The summed E-state index contributed by atoms with van der Waals surface area (Å²) in [6.07, 6.45) is 1.50. The van der Waals surface area contributed by atoms with Gasteiger partial charge in [-0.3, -0.25) is 9.69 Å². The predicted molar refractivity (Wildman–Crippen MR) is 110 cm³/mol. The van der Waals surface area contributed by atoms with Crippen LogP contribution in [0.2, 0.25) is 0 Å². The molecule has 0 aliphatic carbocycles. The summed E-state index contributed by atoms with van der Waals surface area (Å²) >= 11 is 3.53. The average Bonchev–Trinajstić information content (AvgIpc) is 3.24. The van der Waals surface area contributed by atoms with E-state index in [0.29, 0.717) is 17.1 Å². The minimum Gasteiger partial charge on any atom is -0.457 e. The zero-order chi connectivity index (χ0) is 20.5. The molecule has 146 valence electrons. The number of rotatable bonds is 4. The van der Waals surface area contributed by atoms with Crippen molar-refractivity contribution < 1.29 is 18.4 Å². The van der Waals surface area contributed by atoms with Crippen molar-refractivity contribution in [1.82, 2.24) is 10.2 Å². The number of carbonyl (C=O) groups excluding carboxylic acids is 2. The van der Waals surface area contributed by atoms with Crippen LogP contribution in [0.1, 0.15) is 16.9 Å². The highest BCUT2D eigenvalue weighted by atomic mass is 79.9. The van der Waals surface area contributed by atoms with Crippen LogP contribution in [-0.2, 0) is 11.3 Å². The normalized spacial score (nSPS) is 15.3. The monoisotopic (exact) mass is 454 g/mol. The van der Waals surface area contributed by atoms with Crippen molar-refractivity contribution in [2.75, 3.05) is 0 Å². The van der Waals surface area contributed by atoms with E-state index in [1.165, 1.54) is 30.3 Å². The SMILES string of the molecule is Cc1ccc(-c2ccc(/C=C3\NC(=O)N(Cc4ccc(F)cc4)C3=O)o2)c(Br)c1. The van der Waals surface area contributed by atoms with Crippen molar-refractivity contribution in [1.29, 1.82) is 0 Å². The highest BCUT2D eigenvalue weighted by Gasteiger charge is 2.33. The number of imide groups is 1. The summed E-state index contributed by atoms with van der Waals surface area (Å²) in [4.78, 5) is 25.9. The van der Waals surface area contributed by atoms with Gasteiger partial charge in [0.25, 0.3) is 5.91 Å². The first-order chi connectivity index (χ1) is 13.9. The number of hydrogen-bond acceptors (Lipinski definition) is 3. The summed E-state index contributed by atoms with van der Waals surface area (Å²) in [6.45, 7) is 2.06. The van der Waals surface area contributed by atoms with E-state index >= 15 is 0 Å². The Morgan fingerprint density at radius 2 is 1.86 bits per heavy atom. The molecular weight excluding hydrogens is 439 g/mol. The summed E-state index contributed by atoms with van der Waals surface area (Å²) < 4.78 is 19.8. The van der Waals surface area contributed by atoms with Crippen LogP contribution < -0.4 is 5.32 Å². The molecule has 1 aliphatic heterocycles. The molecule has 1 saturated heterocycles. The van der Waals surface area contributed by atoms with E-state index in [1.54, 1.807) is 12.1 Å². The topological polar surface area (TPSA) is 62.6 Å². The van der Waals surface area contributed by atoms with Crippen molar-refractivity contribution >= 4 is 33.9 Å². The van der Waals surface area contributed by atoms with Gasteiger partial charge in [-0.05, 0) is 54.4 Å². The largest absolute Gasteiger partial charge is 0.457 e. The third kappa shape index (κ3) is 4.00. The van der Waals surface area contributed by atoms with Crippen molar-refractivity contribution in [2.45, 2.75) is 13.5 Å². The van der Waals surface area contributed by atoms with Gasteiger partial charge in [-0.1, -0.05) is 34.1 Å². The number of nitrogens with one attached hydrogen (secondary N) is 1. The highest BCUT2D eigenvalue weighted by molar-refractivity contribution is 9.10. The molecule has 1 aliphatic rings. The molecule has 0 saturated carbocycles. The minimum atomic E-state index is -0.529. The molecule has 1 N–H and O–H groups in total. The van der Waals surface area contributed by atoms with Gasteiger partial charge in [-0.25, -0.2) is 9.18 Å². The van der Waals surface area contributed by atoms with Gasteiger partial charge in [0.2, 0.25) is 0 Å². The van der Waals surface area contributed by atoms with Crippen LogP contribution in [0.4, 0.5) is 9.18 Å². The fourth-order valence-corrected chi connectivity index (χ4v) is 3.71. The molecular formula is C22H16BrFN2O3. The third-order valence-electron chi connectivity index (χ3n) is 4.52. The van der Waals surface area contributed by atoms with E-state index in [9.17, 15) is 14.0 Å². The minimum absolute atomic E-state index is 0.0575. The maximum atomic E-state index is 13.0. The molecule has 29 heavy (non-hydrogen) atoms. The zero-order valence-corrected chi connectivity index (χ0v) is 17.0. The van der Waals surface area contributed by atoms with Crippen molar-refractivity contribution in [3.63, 3.8) is 0 Å².